The van der Waals surface area contributed by atoms with Crippen LogP contribution in [-0.2, 0) is 0 Å². The zero-order chi connectivity index (χ0) is 9.54. The summed E-state index contributed by atoms with van der Waals surface area (Å²) in [5.74, 6) is 1.79. The minimum Gasteiger partial charge on any atom is -0.356 e. The van der Waals surface area contributed by atoms with E-state index >= 15 is 0 Å². The average Bonchev–Trinajstić information content (AvgIpc) is 2.47. The van der Waals surface area contributed by atoms with Gasteiger partial charge in [-0.15, -0.1) is 0 Å². The molecular weight excluding hydrogens is 178 g/mol. The Morgan fingerprint density at radius 1 is 1.36 bits per heavy atom. The maximum atomic E-state index is 4.30. The number of hydrogen-bond donors (Lipinski definition) is 0. The van der Waals surface area contributed by atoms with Gasteiger partial charge in [-0.25, -0.2) is 4.98 Å². The molecule has 0 aromatic carbocycles. The Bertz CT molecular complexity index is 471. The van der Waals surface area contributed by atoms with E-state index in [1.165, 1.54) is 6.42 Å². The van der Waals surface area contributed by atoms with Crippen molar-refractivity contribution in [2.75, 3.05) is 18.0 Å². The van der Waals surface area contributed by atoms with Crippen molar-refractivity contribution >= 4 is 11.6 Å². The van der Waals surface area contributed by atoms with Crippen LogP contribution in [0.4, 0.5) is 5.82 Å². The van der Waals surface area contributed by atoms with Gasteiger partial charge in [0.1, 0.15) is 12.1 Å². The summed E-state index contributed by atoms with van der Waals surface area (Å²) in [6.07, 6.45) is 2.81. The summed E-state index contributed by atoms with van der Waals surface area (Å²) in [5, 5.41) is 4.16. The quantitative estimate of drug-likeness (QED) is 0.660. The molecule has 2 aromatic rings. The maximum Gasteiger partial charge on any atom is 0.254 e. The van der Waals surface area contributed by atoms with Gasteiger partial charge in [0.05, 0.1) is 0 Å². The largest absolute Gasteiger partial charge is 0.356 e. The van der Waals surface area contributed by atoms with Crippen LogP contribution in [0.25, 0.3) is 5.78 Å². The lowest BCUT2D eigenvalue weighted by Gasteiger charge is -2.32. The van der Waals surface area contributed by atoms with E-state index in [1.54, 1.807) is 10.8 Å². The Balaban J connectivity index is 2.23. The van der Waals surface area contributed by atoms with Gasteiger partial charge in [-0.3, -0.25) is 0 Å². The first-order valence-electron chi connectivity index (χ1n) is 4.77. The number of aryl methyl sites for hydroxylation is 1. The van der Waals surface area contributed by atoms with Crippen molar-refractivity contribution in [3.63, 3.8) is 0 Å². The topological polar surface area (TPSA) is 46.3 Å². The van der Waals surface area contributed by atoms with Crippen LogP contribution in [0.5, 0.6) is 0 Å². The minimum atomic E-state index is 0.687. The molecule has 0 unspecified atom stereocenters. The number of nitrogens with zero attached hydrogens (tertiary/aromatic N) is 5. The summed E-state index contributed by atoms with van der Waals surface area (Å²) >= 11 is 0. The molecule has 3 heterocycles. The highest BCUT2D eigenvalue weighted by Gasteiger charge is 2.18. The smallest absolute Gasteiger partial charge is 0.254 e. The predicted octanol–water partition coefficient (Wildman–Crippen LogP) is 0.643. The lowest BCUT2D eigenvalue weighted by atomic mass is 10.2. The van der Waals surface area contributed by atoms with Crippen LogP contribution in [0.2, 0.25) is 0 Å². The predicted molar refractivity (Wildman–Crippen MR) is 52.3 cm³/mol. The molecule has 0 saturated carbocycles. The van der Waals surface area contributed by atoms with Gasteiger partial charge in [-0.1, -0.05) is 0 Å². The SMILES string of the molecule is Cc1cc(N2CCC2)n2ncnc2n1. The van der Waals surface area contributed by atoms with Crippen LogP contribution in [-0.4, -0.2) is 32.7 Å². The fourth-order valence-electron chi connectivity index (χ4n) is 1.68. The Morgan fingerprint density at radius 3 is 2.93 bits per heavy atom. The lowest BCUT2D eigenvalue weighted by Crippen LogP contribution is -2.38. The summed E-state index contributed by atoms with van der Waals surface area (Å²) in [6, 6.07) is 2.06. The molecule has 1 saturated heterocycles. The van der Waals surface area contributed by atoms with Crippen molar-refractivity contribution in [1.82, 2.24) is 19.6 Å². The van der Waals surface area contributed by atoms with Gasteiger partial charge in [0.15, 0.2) is 0 Å². The highest BCUT2D eigenvalue weighted by Crippen LogP contribution is 2.20. The third-order valence-electron chi connectivity index (χ3n) is 2.54. The van der Waals surface area contributed by atoms with E-state index in [2.05, 4.69) is 26.0 Å². The molecule has 0 amide bonds. The molecule has 0 spiro atoms. The van der Waals surface area contributed by atoms with E-state index in [0.717, 1.165) is 24.6 Å². The number of rotatable bonds is 1. The monoisotopic (exact) mass is 189 g/mol. The summed E-state index contributed by atoms with van der Waals surface area (Å²) in [4.78, 5) is 10.7. The summed E-state index contributed by atoms with van der Waals surface area (Å²) in [5.41, 5.74) is 0.993. The highest BCUT2D eigenvalue weighted by molar-refractivity contribution is 5.48. The van der Waals surface area contributed by atoms with Crippen molar-refractivity contribution in [1.29, 1.82) is 0 Å². The van der Waals surface area contributed by atoms with Crippen LogP contribution < -0.4 is 4.90 Å². The molecule has 1 aliphatic heterocycles. The van der Waals surface area contributed by atoms with Crippen LogP contribution in [0.1, 0.15) is 12.1 Å². The fourth-order valence-corrected chi connectivity index (χ4v) is 1.68. The van der Waals surface area contributed by atoms with Gasteiger partial charge in [0, 0.05) is 24.8 Å². The summed E-state index contributed by atoms with van der Waals surface area (Å²) < 4.78 is 1.80. The zero-order valence-corrected chi connectivity index (χ0v) is 8.01. The Hall–Kier alpha value is -1.65. The number of anilines is 1. The molecule has 5 heteroatoms. The molecule has 3 rings (SSSR count). The first kappa shape index (κ1) is 7.73. The van der Waals surface area contributed by atoms with Gasteiger partial charge < -0.3 is 4.90 Å². The van der Waals surface area contributed by atoms with Crippen LogP contribution >= 0.6 is 0 Å². The number of aromatic nitrogens is 4. The van der Waals surface area contributed by atoms with Gasteiger partial charge >= 0.3 is 0 Å². The molecule has 0 atom stereocenters. The van der Waals surface area contributed by atoms with Crippen molar-refractivity contribution in [3.8, 4) is 0 Å². The van der Waals surface area contributed by atoms with Gasteiger partial charge in [0.2, 0.25) is 0 Å². The van der Waals surface area contributed by atoms with Crippen LogP contribution in [0.3, 0.4) is 0 Å². The van der Waals surface area contributed by atoms with Gasteiger partial charge in [-0.05, 0) is 13.3 Å². The molecule has 1 aliphatic rings. The molecule has 5 nitrogen and oxygen atoms in total. The molecule has 1 fully saturated rings. The first-order chi connectivity index (χ1) is 6.84. The molecule has 2 aromatic heterocycles. The van der Waals surface area contributed by atoms with Crippen LogP contribution in [0, 0.1) is 6.92 Å². The summed E-state index contributed by atoms with van der Waals surface area (Å²) in [7, 11) is 0. The number of fused-ring (bicyclic) bond motifs is 1. The zero-order valence-electron chi connectivity index (χ0n) is 8.01. The normalized spacial score (nSPS) is 15.9. The second-order valence-corrected chi connectivity index (χ2v) is 3.57. The standard InChI is InChI=1S/C9H11N5/c1-7-5-8(13-3-2-4-13)14-9(12-7)10-6-11-14/h5-6H,2-4H2,1H3. The van der Waals surface area contributed by atoms with E-state index in [0.29, 0.717) is 5.78 Å². The average molecular weight is 189 g/mol. The second kappa shape index (κ2) is 2.67. The third-order valence-corrected chi connectivity index (χ3v) is 2.54. The molecule has 72 valence electrons. The first-order valence-corrected chi connectivity index (χ1v) is 4.77. The fraction of sp³-hybridized carbons (Fsp3) is 0.444. The minimum absolute atomic E-state index is 0.687. The third kappa shape index (κ3) is 0.982. The molecule has 14 heavy (non-hydrogen) atoms. The van der Waals surface area contributed by atoms with Crippen molar-refractivity contribution in [2.24, 2.45) is 0 Å². The Labute approximate surface area is 81.4 Å². The Morgan fingerprint density at radius 2 is 2.21 bits per heavy atom. The molecule has 0 N–H and O–H groups in total. The van der Waals surface area contributed by atoms with Gasteiger partial charge in [-0.2, -0.15) is 14.6 Å². The molecule has 0 aliphatic carbocycles. The van der Waals surface area contributed by atoms with E-state index in [-0.39, 0.29) is 0 Å². The van der Waals surface area contributed by atoms with Gasteiger partial charge in [0.25, 0.3) is 5.78 Å². The molecule has 0 bridgehead atoms. The maximum absolute atomic E-state index is 4.30. The Kier molecular flexibility index (Phi) is 1.47. The lowest BCUT2D eigenvalue weighted by molar-refractivity contribution is 0.599. The second-order valence-electron chi connectivity index (χ2n) is 3.57. The van der Waals surface area contributed by atoms with E-state index < -0.39 is 0 Å². The van der Waals surface area contributed by atoms with E-state index in [9.17, 15) is 0 Å². The highest BCUT2D eigenvalue weighted by atomic mass is 15.4. The van der Waals surface area contributed by atoms with E-state index in [4.69, 9.17) is 0 Å². The van der Waals surface area contributed by atoms with E-state index in [1.807, 2.05) is 6.92 Å². The van der Waals surface area contributed by atoms with Crippen molar-refractivity contribution in [2.45, 2.75) is 13.3 Å². The molecular formula is C9H11N5. The van der Waals surface area contributed by atoms with Crippen molar-refractivity contribution in [3.05, 3.63) is 18.1 Å². The summed E-state index contributed by atoms with van der Waals surface area (Å²) in [6.45, 7) is 4.20. The number of hydrogen-bond acceptors (Lipinski definition) is 4. The van der Waals surface area contributed by atoms with Crippen LogP contribution in [0.15, 0.2) is 12.4 Å². The van der Waals surface area contributed by atoms with Crippen molar-refractivity contribution < 1.29 is 0 Å². The molecule has 0 radical (unpaired) electrons.